The number of carbonyl (C=O) groups is 3. The van der Waals surface area contributed by atoms with Crippen LogP contribution in [0.1, 0.15) is 239 Å². The first kappa shape index (κ1) is 57.8. The molecule has 0 spiro atoms. The zero-order valence-corrected chi connectivity index (χ0v) is 40.2. The summed E-state index contributed by atoms with van der Waals surface area (Å²) in [4.78, 5) is 37.1. The average Bonchev–Trinajstić information content (AvgIpc) is 3.21. The highest BCUT2D eigenvalue weighted by Gasteiger charge is 2.31. The van der Waals surface area contributed by atoms with Crippen LogP contribution in [0, 0.1) is 0 Å². The van der Waals surface area contributed by atoms with Crippen molar-refractivity contribution in [3.8, 4) is 0 Å². The minimum absolute atomic E-state index is 0.0546. The molecule has 0 saturated heterocycles. The largest absolute Gasteiger partial charge is 0.477 e. The number of esters is 2. The minimum atomic E-state index is -0.876. The number of allylic oxidation sites excluding steroid dienone is 4. The van der Waals surface area contributed by atoms with Crippen molar-refractivity contribution in [1.82, 2.24) is 0 Å². The van der Waals surface area contributed by atoms with Gasteiger partial charge in [-0.2, -0.15) is 0 Å². The third kappa shape index (κ3) is 41.2. The summed E-state index contributed by atoms with van der Waals surface area (Å²) < 4.78 is 17.3. The molecule has 0 saturated carbocycles. The number of nitrogens with zero attached hydrogens (tertiary/aromatic N) is 1. The summed E-state index contributed by atoms with van der Waals surface area (Å²) in [7, 11) is 5.53. The van der Waals surface area contributed by atoms with Gasteiger partial charge in [-0.25, -0.2) is 4.79 Å². The fraction of sp³-hybridized carbons (Fsp3) is 0.865. The second kappa shape index (κ2) is 43.5. The van der Waals surface area contributed by atoms with Gasteiger partial charge >= 0.3 is 17.9 Å². The van der Waals surface area contributed by atoms with Crippen molar-refractivity contribution in [1.29, 1.82) is 0 Å². The number of ether oxygens (including phenoxy) is 3. The summed E-state index contributed by atoms with van der Waals surface area (Å²) in [6.07, 6.45) is 49.4. The Morgan fingerprint density at radius 2 is 0.867 bits per heavy atom. The third-order valence-corrected chi connectivity index (χ3v) is 11.6. The van der Waals surface area contributed by atoms with E-state index in [1.165, 1.54) is 154 Å². The van der Waals surface area contributed by atoms with E-state index in [2.05, 4.69) is 38.2 Å². The molecule has 0 bridgehead atoms. The number of likely N-dealkylation sites (N-methyl/N-ethyl adjacent to an activating group) is 1. The van der Waals surface area contributed by atoms with E-state index in [0.717, 1.165) is 51.4 Å². The number of quaternary nitrogens is 1. The van der Waals surface area contributed by atoms with Gasteiger partial charge in [0.25, 0.3) is 0 Å². The number of hydrogen-bond acceptors (Lipinski definition) is 6. The predicted molar refractivity (Wildman–Crippen MR) is 252 cm³/mol. The van der Waals surface area contributed by atoms with E-state index in [1.807, 2.05) is 21.1 Å². The van der Waals surface area contributed by atoms with Crippen LogP contribution in [-0.2, 0) is 28.6 Å². The predicted octanol–water partition coefficient (Wildman–Crippen LogP) is 14.4. The number of carbonyl (C=O) groups excluding carboxylic acids is 2. The highest BCUT2D eigenvalue weighted by Crippen LogP contribution is 2.16. The normalized spacial score (nSPS) is 13.0. The van der Waals surface area contributed by atoms with Crippen molar-refractivity contribution < 1.29 is 38.2 Å². The minimum Gasteiger partial charge on any atom is -0.477 e. The molecule has 0 amide bonds. The zero-order valence-electron chi connectivity index (χ0n) is 40.2. The molecule has 0 aliphatic carbocycles. The van der Waals surface area contributed by atoms with Gasteiger partial charge in [0.05, 0.1) is 34.4 Å². The van der Waals surface area contributed by atoms with Crippen molar-refractivity contribution in [2.75, 3.05) is 41.0 Å². The molecule has 0 heterocycles. The van der Waals surface area contributed by atoms with Crippen LogP contribution in [0.5, 0.6) is 0 Å². The molecule has 0 fully saturated rings. The second-order valence-corrected chi connectivity index (χ2v) is 18.5. The smallest absolute Gasteiger partial charge is 0.362 e. The molecular formula is C52H98NO7+. The fourth-order valence-corrected chi connectivity index (χ4v) is 7.67. The van der Waals surface area contributed by atoms with Gasteiger partial charge in [-0.15, -0.1) is 0 Å². The first-order valence-electron chi connectivity index (χ1n) is 25.4. The maximum atomic E-state index is 12.8. The summed E-state index contributed by atoms with van der Waals surface area (Å²) in [6.45, 7) is 4.74. The Labute approximate surface area is 371 Å². The maximum Gasteiger partial charge on any atom is 0.362 e. The lowest BCUT2D eigenvalue weighted by atomic mass is 10.0. The molecule has 0 aliphatic heterocycles. The molecule has 8 nitrogen and oxygen atoms in total. The van der Waals surface area contributed by atoms with Gasteiger partial charge < -0.3 is 23.8 Å². The van der Waals surface area contributed by atoms with Gasteiger partial charge in [0.1, 0.15) is 6.61 Å². The highest BCUT2D eigenvalue weighted by molar-refractivity contribution is 5.72. The molecule has 0 radical (unpaired) electrons. The van der Waals surface area contributed by atoms with E-state index in [9.17, 15) is 19.5 Å². The van der Waals surface area contributed by atoms with Crippen molar-refractivity contribution >= 4 is 17.9 Å². The van der Waals surface area contributed by atoms with Gasteiger partial charge in [-0.3, -0.25) is 9.59 Å². The van der Waals surface area contributed by atoms with E-state index >= 15 is 0 Å². The number of carboxylic acid groups (broad SMARTS) is 1. The summed E-state index contributed by atoms with van der Waals surface area (Å²) in [5, 5.41) is 9.64. The number of aliphatic carboxylic acids is 1. The van der Waals surface area contributed by atoms with Gasteiger partial charge in [-0.05, 0) is 38.5 Å². The SMILES string of the molecule is CCCCCCCCC/C=C/C=C/CCCCCC(=O)OC(COCCC(C(=O)O)[N+](C)(C)C)COC(=O)CCCCCCCCCCCCCCCCCCCCCC. The maximum absolute atomic E-state index is 12.8. The van der Waals surface area contributed by atoms with E-state index in [4.69, 9.17) is 14.2 Å². The van der Waals surface area contributed by atoms with Crippen LogP contribution in [0.15, 0.2) is 24.3 Å². The summed E-state index contributed by atoms with van der Waals surface area (Å²) >= 11 is 0. The molecule has 0 aromatic carbocycles. The molecule has 8 heteroatoms. The van der Waals surface area contributed by atoms with Gasteiger partial charge in [0.15, 0.2) is 12.1 Å². The molecule has 0 aromatic heterocycles. The lowest BCUT2D eigenvalue weighted by Crippen LogP contribution is -2.50. The van der Waals surface area contributed by atoms with Gasteiger partial charge in [0.2, 0.25) is 0 Å². The van der Waals surface area contributed by atoms with Crippen LogP contribution in [0.3, 0.4) is 0 Å². The van der Waals surface area contributed by atoms with Gasteiger partial charge in [-0.1, -0.05) is 205 Å². The van der Waals surface area contributed by atoms with Crippen molar-refractivity contribution in [3.05, 3.63) is 24.3 Å². The van der Waals surface area contributed by atoms with E-state index < -0.39 is 18.1 Å². The van der Waals surface area contributed by atoms with Crippen LogP contribution in [0.2, 0.25) is 0 Å². The summed E-state index contributed by atoms with van der Waals surface area (Å²) in [6, 6.07) is -0.617. The monoisotopic (exact) mass is 849 g/mol. The highest BCUT2D eigenvalue weighted by atomic mass is 16.6. The quantitative estimate of drug-likeness (QED) is 0.0282. The molecule has 0 aliphatic rings. The lowest BCUT2D eigenvalue weighted by molar-refractivity contribution is -0.887. The standard InChI is InChI=1S/C52H97NO7/c1-6-8-10-12-14-16-18-20-22-24-25-26-27-29-30-32-34-36-38-40-42-50(54)59-47-48(46-58-45-44-49(52(56)57)53(3,4)5)60-51(55)43-41-39-37-35-33-31-28-23-21-19-17-15-13-11-9-7-2/h23,28,31,33,48-49H,6-22,24-27,29-30,32,34-47H2,1-5H3/p+1/b28-23+,33-31+. The Kier molecular flexibility index (Phi) is 41.9. The Bertz CT molecular complexity index is 1040. The van der Waals surface area contributed by atoms with Crippen LogP contribution in [-0.4, -0.2) is 80.6 Å². The Hall–Kier alpha value is -2.19. The zero-order chi connectivity index (χ0) is 44.2. The third-order valence-electron chi connectivity index (χ3n) is 11.6. The first-order valence-corrected chi connectivity index (χ1v) is 25.4. The summed E-state index contributed by atoms with van der Waals surface area (Å²) in [5.74, 6) is -1.48. The molecule has 2 unspecified atom stereocenters. The number of carboxylic acids is 1. The topological polar surface area (TPSA) is 99.1 Å². The Morgan fingerprint density at radius 1 is 0.500 bits per heavy atom. The van der Waals surface area contributed by atoms with Crippen molar-refractivity contribution in [3.63, 3.8) is 0 Å². The molecule has 2 atom stereocenters. The molecular weight excluding hydrogens is 751 g/mol. The molecule has 60 heavy (non-hydrogen) atoms. The van der Waals surface area contributed by atoms with E-state index in [1.54, 1.807) is 0 Å². The molecule has 352 valence electrons. The average molecular weight is 849 g/mol. The van der Waals surface area contributed by atoms with Crippen LogP contribution in [0.25, 0.3) is 0 Å². The number of hydrogen-bond donors (Lipinski definition) is 1. The summed E-state index contributed by atoms with van der Waals surface area (Å²) in [5.41, 5.74) is 0. The second-order valence-electron chi connectivity index (χ2n) is 18.5. The number of unbranched alkanes of at least 4 members (excludes halogenated alkanes) is 29. The first-order chi connectivity index (χ1) is 29.1. The van der Waals surface area contributed by atoms with Crippen LogP contribution in [0.4, 0.5) is 0 Å². The van der Waals surface area contributed by atoms with E-state index in [-0.39, 0.29) is 36.2 Å². The Morgan fingerprint density at radius 3 is 1.27 bits per heavy atom. The van der Waals surface area contributed by atoms with Gasteiger partial charge in [0, 0.05) is 19.3 Å². The molecule has 1 N–H and O–H groups in total. The lowest BCUT2D eigenvalue weighted by Gasteiger charge is -2.31. The van der Waals surface area contributed by atoms with Crippen molar-refractivity contribution in [2.45, 2.75) is 251 Å². The van der Waals surface area contributed by atoms with Crippen LogP contribution < -0.4 is 0 Å². The fourth-order valence-electron chi connectivity index (χ4n) is 7.67. The van der Waals surface area contributed by atoms with E-state index in [0.29, 0.717) is 19.3 Å². The van der Waals surface area contributed by atoms with Crippen LogP contribution >= 0.6 is 0 Å². The molecule has 0 rings (SSSR count). The Balaban J connectivity index is 4.25. The van der Waals surface area contributed by atoms with Crippen molar-refractivity contribution in [2.24, 2.45) is 0 Å². The molecule has 0 aromatic rings. The number of rotatable bonds is 46.